The van der Waals surface area contributed by atoms with Crippen LogP contribution in [0.2, 0.25) is 15.1 Å². The molecule has 1 amide bonds. The maximum atomic E-state index is 13.4. The van der Waals surface area contributed by atoms with Gasteiger partial charge in [-0.1, -0.05) is 65.1 Å². The van der Waals surface area contributed by atoms with Crippen LogP contribution in [0.1, 0.15) is 36.1 Å². The average Bonchev–Trinajstić information content (AvgIpc) is 3.03. The Morgan fingerprint density at radius 1 is 0.886 bits per heavy atom. The second kappa shape index (κ2) is 14.5. The molecule has 0 saturated carbocycles. The van der Waals surface area contributed by atoms with Gasteiger partial charge in [0.1, 0.15) is 12.4 Å². The number of allylic oxidation sites excluding steroid dienone is 1. The third-order valence-corrected chi connectivity index (χ3v) is 8.69. The number of piperazine rings is 1. The minimum absolute atomic E-state index is 0.0452. The topological polar surface area (TPSA) is 54.9 Å². The largest absolute Gasteiger partial charge is 0.487 e. The standard InChI is InChI=1S/C35H34Cl3N3O3/c1-23-18-28(24(2)25(3)35(42)41-16-14-40(15-17-41)21-26-8-10-29(36)11-9-26)19-32(38)34(23)44-33-13-12-30(20-39-33)43-22-27-6-4-5-7-31(27)37/h4-13,18-20H,14-17,21-22H2,1-3H3. The summed E-state index contributed by atoms with van der Waals surface area (Å²) < 4.78 is 11.9. The SMILES string of the molecule is CC(C(=O)N1CCN(Cc2ccc(Cl)cc2)CC1)=C(C)c1cc(C)c(Oc2ccc(OCc3ccccc3Cl)cn2)c(Cl)c1. The van der Waals surface area contributed by atoms with E-state index in [9.17, 15) is 4.79 Å². The van der Waals surface area contributed by atoms with E-state index in [2.05, 4.69) is 9.88 Å². The maximum Gasteiger partial charge on any atom is 0.249 e. The molecule has 6 nitrogen and oxygen atoms in total. The zero-order valence-electron chi connectivity index (χ0n) is 24.9. The van der Waals surface area contributed by atoms with Crippen LogP contribution in [0.3, 0.4) is 0 Å². The van der Waals surface area contributed by atoms with E-state index >= 15 is 0 Å². The van der Waals surface area contributed by atoms with E-state index in [4.69, 9.17) is 44.3 Å². The second-order valence-corrected chi connectivity index (χ2v) is 12.1. The average molecular weight is 651 g/mol. The highest BCUT2D eigenvalue weighted by atomic mass is 35.5. The molecule has 0 N–H and O–H groups in total. The van der Waals surface area contributed by atoms with Gasteiger partial charge in [0.2, 0.25) is 11.8 Å². The van der Waals surface area contributed by atoms with Crippen molar-refractivity contribution in [3.63, 3.8) is 0 Å². The van der Waals surface area contributed by atoms with Crippen LogP contribution < -0.4 is 9.47 Å². The van der Waals surface area contributed by atoms with Crippen molar-refractivity contribution >= 4 is 46.3 Å². The van der Waals surface area contributed by atoms with Gasteiger partial charge in [0.05, 0.1) is 11.2 Å². The third-order valence-electron chi connectivity index (χ3n) is 7.79. The molecule has 1 fully saturated rings. The van der Waals surface area contributed by atoms with Crippen LogP contribution in [-0.2, 0) is 17.9 Å². The molecule has 228 valence electrons. The lowest BCUT2D eigenvalue weighted by molar-refractivity contribution is -0.128. The van der Waals surface area contributed by atoms with E-state index < -0.39 is 0 Å². The molecule has 1 aliphatic rings. The molecule has 0 unspecified atom stereocenters. The second-order valence-electron chi connectivity index (χ2n) is 10.9. The van der Waals surface area contributed by atoms with Gasteiger partial charge in [-0.3, -0.25) is 9.69 Å². The van der Waals surface area contributed by atoms with Crippen molar-refractivity contribution in [2.75, 3.05) is 26.2 Å². The summed E-state index contributed by atoms with van der Waals surface area (Å²) in [5.74, 6) is 1.55. The van der Waals surface area contributed by atoms with Crippen molar-refractivity contribution in [2.24, 2.45) is 0 Å². The number of pyridine rings is 1. The number of rotatable bonds is 9. The normalized spacial score (nSPS) is 14.3. The molecule has 9 heteroatoms. The lowest BCUT2D eigenvalue weighted by Crippen LogP contribution is -2.48. The number of ether oxygens (including phenoxy) is 2. The quantitative estimate of drug-likeness (QED) is 0.169. The Balaban J connectivity index is 1.19. The van der Waals surface area contributed by atoms with E-state index in [1.54, 1.807) is 18.3 Å². The number of aryl methyl sites for hydroxylation is 1. The van der Waals surface area contributed by atoms with E-state index in [1.807, 2.05) is 86.3 Å². The van der Waals surface area contributed by atoms with Gasteiger partial charge in [0, 0.05) is 60.0 Å². The fourth-order valence-corrected chi connectivity index (χ4v) is 5.66. The monoisotopic (exact) mass is 649 g/mol. The Bertz CT molecular complexity index is 1630. The van der Waals surface area contributed by atoms with E-state index in [-0.39, 0.29) is 5.91 Å². The van der Waals surface area contributed by atoms with Crippen LogP contribution in [0, 0.1) is 6.92 Å². The van der Waals surface area contributed by atoms with Gasteiger partial charge >= 0.3 is 0 Å². The number of carbonyl (C=O) groups is 1. The molecule has 0 spiro atoms. The van der Waals surface area contributed by atoms with Gasteiger partial charge in [-0.05, 0) is 79.4 Å². The molecule has 0 bridgehead atoms. The number of amides is 1. The molecule has 1 aliphatic heterocycles. The van der Waals surface area contributed by atoms with Crippen molar-refractivity contribution < 1.29 is 14.3 Å². The molecule has 2 heterocycles. The van der Waals surface area contributed by atoms with Gasteiger partial charge in [-0.2, -0.15) is 0 Å². The van der Waals surface area contributed by atoms with Crippen molar-refractivity contribution in [3.8, 4) is 17.4 Å². The van der Waals surface area contributed by atoms with Crippen molar-refractivity contribution in [1.29, 1.82) is 0 Å². The Labute approximate surface area is 273 Å². The predicted octanol–water partition coefficient (Wildman–Crippen LogP) is 8.86. The number of aromatic nitrogens is 1. The summed E-state index contributed by atoms with van der Waals surface area (Å²) in [7, 11) is 0. The van der Waals surface area contributed by atoms with Gasteiger partial charge in [-0.25, -0.2) is 4.98 Å². The van der Waals surface area contributed by atoms with Gasteiger partial charge in [0.15, 0.2) is 5.75 Å². The molecule has 1 saturated heterocycles. The predicted molar refractivity (Wildman–Crippen MR) is 178 cm³/mol. The van der Waals surface area contributed by atoms with E-state index in [0.717, 1.165) is 46.9 Å². The lowest BCUT2D eigenvalue weighted by Gasteiger charge is -2.35. The number of hydrogen-bond donors (Lipinski definition) is 0. The third kappa shape index (κ3) is 7.93. The molecule has 4 aromatic rings. The van der Waals surface area contributed by atoms with Crippen LogP contribution in [-0.4, -0.2) is 46.9 Å². The molecular formula is C35H34Cl3N3O3. The van der Waals surface area contributed by atoms with E-state index in [1.165, 1.54) is 5.56 Å². The van der Waals surface area contributed by atoms with Crippen molar-refractivity contribution in [2.45, 2.75) is 33.9 Å². The Morgan fingerprint density at radius 3 is 2.27 bits per heavy atom. The molecular weight excluding hydrogens is 617 g/mol. The summed E-state index contributed by atoms with van der Waals surface area (Å²) in [5.41, 5.74) is 5.41. The van der Waals surface area contributed by atoms with Crippen molar-refractivity contribution in [3.05, 3.63) is 122 Å². The number of halogens is 3. The zero-order chi connectivity index (χ0) is 31.2. The highest BCUT2D eigenvalue weighted by Crippen LogP contribution is 2.36. The summed E-state index contributed by atoms with van der Waals surface area (Å²) in [6.07, 6.45) is 1.60. The molecule has 0 atom stereocenters. The first-order chi connectivity index (χ1) is 21.2. The van der Waals surface area contributed by atoms with Gasteiger partial charge in [0.25, 0.3) is 0 Å². The number of nitrogens with zero attached hydrogens (tertiary/aromatic N) is 3. The Morgan fingerprint density at radius 2 is 1.61 bits per heavy atom. The molecule has 5 rings (SSSR count). The smallest absolute Gasteiger partial charge is 0.249 e. The van der Waals surface area contributed by atoms with Crippen LogP contribution in [0.5, 0.6) is 17.4 Å². The zero-order valence-corrected chi connectivity index (χ0v) is 27.2. The van der Waals surface area contributed by atoms with Gasteiger partial charge < -0.3 is 14.4 Å². The lowest BCUT2D eigenvalue weighted by atomic mass is 9.99. The van der Waals surface area contributed by atoms with Gasteiger partial charge in [-0.15, -0.1) is 0 Å². The summed E-state index contributed by atoms with van der Waals surface area (Å²) >= 11 is 18.9. The molecule has 0 aliphatic carbocycles. The molecule has 0 radical (unpaired) electrons. The van der Waals surface area contributed by atoms with Crippen LogP contribution in [0.4, 0.5) is 0 Å². The Hall–Kier alpha value is -3.55. The molecule has 3 aromatic carbocycles. The first kappa shape index (κ1) is 31.9. The summed E-state index contributed by atoms with van der Waals surface area (Å²) in [4.78, 5) is 22.1. The minimum atomic E-state index is 0.0452. The number of hydrogen-bond acceptors (Lipinski definition) is 5. The van der Waals surface area contributed by atoms with Crippen LogP contribution >= 0.6 is 34.8 Å². The Kier molecular flexibility index (Phi) is 10.5. The van der Waals surface area contributed by atoms with Crippen LogP contribution in [0.15, 0.2) is 84.6 Å². The molecule has 1 aromatic heterocycles. The minimum Gasteiger partial charge on any atom is -0.487 e. The summed E-state index contributed by atoms with van der Waals surface area (Å²) in [5, 5.41) is 1.83. The number of carbonyl (C=O) groups excluding carboxylic acids is 1. The fraction of sp³-hybridized carbons (Fsp3) is 0.257. The summed E-state index contributed by atoms with van der Waals surface area (Å²) in [6, 6.07) is 22.8. The highest BCUT2D eigenvalue weighted by Gasteiger charge is 2.23. The first-order valence-corrected chi connectivity index (χ1v) is 15.6. The maximum absolute atomic E-state index is 13.4. The van der Waals surface area contributed by atoms with Crippen molar-refractivity contribution in [1.82, 2.24) is 14.8 Å². The first-order valence-electron chi connectivity index (χ1n) is 14.4. The molecule has 44 heavy (non-hydrogen) atoms. The summed E-state index contributed by atoms with van der Waals surface area (Å²) in [6.45, 7) is 9.94. The fourth-order valence-electron chi connectivity index (χ4n) is 5.04. The highest BCUT2D eigenvalue weighted by molar-refractivity contribution is 6.32. The van der Waals surface area contributed by atoms with E-state index in [0.29, 0.717) is 52.7 Å². The number of benzene rings is 3. The van der Waals surface area contributed by atoms with Crippen LogP contribution in [0.25, 0.3) is 5.57 Å².